The maximum absolute atomic E-state index is 11.9. The summed E-state index contributed by atoms with van der Waals surface area (Å²) in [7, 11) is 0. The molecule has 0 aromatic carbocycles. The topological polar surface area (TPSA) is 65.2 Å². The molecule has 0 fully saturated rings. The van der Waals surface area contributed by atoms with Crippen LogP contribution in [0.15, 0.2) is 16.7 Å². The molecule has 0 radical (unpaired) electrons. The third-order valence-electron chi connectivity index (χ3n) is 1.34. The number of carbonyl (C=O) groups excluding carboxylic acids is 1. The molecular formula is C7H4BrF3N2O2. The van der Waals surface area contributed by atoms with Gasteiger partial charge in [-0.1, -0.05) is 0 Å². The van der Waals surface area contributed by atoms with Crippen molar-refractivity contribution in [1.29, 1.82) is 0 Å². The van der Waals surface area contributed by atoms with E-state index >= 15 is 0 Å². The fourth-order valence-corrected chi connectivity index (χ4v) is 1.31. The van der Waals surface area contributed by atoms with E-state index in [1.807, 2.05) is 0 Å². The first-order valence-electron chi connectivity index (χ1n) is 3.51. The van der Waals surface area contributed by atoms with Crippen LogP contribution in [0.3, 0.4) is 0 Å². The summed E-state index contributed by atoms with van der Waals surface area (Å²) >= 11 is 2.75. The minimum absolute atomic E-state index is 0.135. The lowest BCUT2D eigenvalue weighted by Crippen LogP contribution is -2.19. The molecule has 4 nitrogen and oxygen atoms in total. The summed E-state index contributed by atoms with van der Waals surface area (Å²) < 4.78 is 38.9. The van der Waals surface area contributed by atoms with Crippen LogP contribution in [-0.2, 0) is 0 Å². The number of alkyl halides is 3. The van der Waals surface area contributed by atoms with E-state index in [-0.39, 0.29) is 10.0 Å². The zero-order valence-electron chi connectivity index (χ0n) is 7.01. The number of carbonyl (C=O) groups is 1. The number of nitrogens with two attached hydrogens (primary N) is 1. The van der Waals surface area contributed by atoms with E-state index in [9.17, 15) is 18.0 Å². The van der Waals surface area contributed by atoms with Gasteiger partial charge in [-0.25, -0.2) is 4.98 Å². The average Bonchev–Trinajstić information content (AvgIpc) is 2.05. The molecule has 0 aliphatic carbocycles. The van der Waals surface area contributed by atoms with E-state index in [0.29, 0.717) is 0 Å². The lowest BCUT2D eigenvalue weighted by atomic mass is 10.2. The predicted molar refractivity (Wildman–Crippen MR) is 47.1 cm³/mol. The third-order valence-corrected chi connectivity index (χ3v) is 2.10. The van der Waals surface area contributed by atoms with E-state index in [4.69, 9.17) is 5.73 Å². The number of ether oxygens (including phenoxy) is 1. The fraction of sp³-hybridized carbons (Fsp3) is 0.143. The highest BCUT2D eigenvalue weighted by Gasteiger charge is 2.33. The molecule has 82 valence electrons. The van der Waals surface area contributed by atoms with Gasteiger partial charge in [-0.2, -0.15) is 0 Å². The lowest BCUT2D eigenvalue weighted by molar-refractivity contribution is -0.276. The highest BCUT2D eigenvalue weighted by atomic mass is 79.9. The van der Waals surface area contributed by atoms with Crippen LogP contribution in [0.5, 0.6) is 5.88 Å². The Morgan fingerprint density at radius 1 is 1.53 bits per heavy atom. The molecule has 0 aliphatic rings. The molecule has 2 N–H and O–H groups in total. The van der Waals surface area contributed by atoms with Crippen LogP contribution >= 0.6 is 15.9 Å². The Balaban J connectivity index is 3.10. The minimum atomic E-state index is -4.87. The number of hydrogen-bond donors (Lipinski definition) is 1. The second kappa shape index (κ2) is 4.05. The number of aromatic nitrogens is 1. The second-order valence-corrected chi connectivity index (χ2v) is 3.18. The summed E-state index contributed by atoms with van der Waals surface area (Å²) in [5.41, 5.74) is 4.78. The number of halogens is 4. The smallest absolute Gasteiger partial charge is 0.387 e. The van der Waals surface area contributed by atoms with Gasteiger partial charge in [-0.15, -0.1) is 13.2 Å². The molecule has 0 atom stereocenters. The maximum Gasteiger partial charge on any atom is 0.574 e. The molecular weight excluding hydrogens is 281 g/mol. The largest absolute Gasteiger partial charge is 0.574 e. The van der Waals surface area contributed by atoms with E-state index in [1.165, 1.54) is 6.07 Å². The van der Waals surface area contributed by atoms with Crippen molar-refractivity contribution in [2.45, 2.75) is 6.36 Å². The quantitative estimate of drug-likeness (QED) is 0.901. The summed E-state index contributed by atoms with van der Waals surface area (Å²) in [6, 6.07) is 1.18. The van der Waals surface area contributed by atoms with Crippen LogP contribution in [0.25, 0.3) is 0 Å². The van der Waals surface area contributed by atoms with Crippen LogP contribution in [0, 0.1) is 0 Å². The van der Waals surface area contributed by atoms with Gasteiger partial charge in [0.15, 0.2) is 0 Å². The van der Waals surface area contributed by atoms with Crippen molar-refractivity contribution in [3.8, 4) is 5.88 Å². The van der Waals surface area contributed by atoms with Gasteiger partial charge in [0.05, 0.1) is 10.0 Å². The molecule has 1 amide bonds. The van der Waals surface area contributed by atoms with Gasteiger partial charge < -0.3 is 10.5 Å². The maximum atomic E-state index is 11.9. The first kappa shape index (κ1) is 11.8. The second-order valence-electron chi connectivity index (χ2n) is 2.39. The van der Waals surface area contributed by atoms with Crippen LogP contribution in [-0.4, -0.2) is 17.3 Å². The highest BCUT2D eigenvalue weighted by molar-refractivity contribution is 9.10. The van der Waals surface area contributed by atoms with Crippen LogP contribution in [0.4, 0.5) is 13.2 Å². The zero-order valence-corrected chi connectivity index (χ0v) is 8.59. The van der Waals surface area contributed by atoms with Gasteiger partial charge in [0, 0.05) is 6.20 Å². The Morgan fingerprint density at radius 3 is 2.60 bits per heavy atom. The lowest BCUT2D eigenvalue weighted by Gasteiger charge is -2.10. The molecule has 1 heterocycles. The van der Waals surface area contributed by atoms with Crippen molar-refractivity contribution in [3.05, 3.63) is 22.3 Å². The first-order valence-corrected chi connectivity index (χ1v) is 4.30. The minimum Gasteiger partial charge on any atom is -0.387 e. The van der Waals surface area contributed by atoms with Gasteiger partial charge >= 0.3 is 6.36 Å². The van der Waals surface area contributed by atoms with Crippen molar-refractivity contribution in [3.63, 3.8) is 0 Å². The number of pyridine rings is 1. The number of primary amides is 1. The Hall–Kier alpha value is -1.31. The monoisotopic (exact) mass is 284 g/mol. The number of amides is 1. The summed E-state index contributed by atoms with van der Waals surface area (Å²) in [6.07, 6.45) is -3.88. The van der Waals surface area contributed by atoms with E-state index in [2.05, 4.69) is 25.7 Å². The van der Waals surface area contributed by atoms with Crippen molar-refractivity contribution in [2.75, 3.05) is 0 Å². The SMILES string of the molecule is NC(=O)c1ccnc(OC(F)(F)F)c1Br. The van der Waals surface area contributed by atoms with E-state index in [1.54, 1.807) is 0 Å². The van der Waals surface area contributed by atoms with Crippen LogP contribution in [0.2, 0.25) is 0 Å². The van der Waals surface area contributed by atoms with E-state index < -0.39 is 18.1 Å². The average molecular weight is 285 g/mol. The molecule has 0 bridgehead atoms. The Kier molecular flexibility index (Phi) is 3.18. The molecule has 8 heteroatoms. The summed E-state index contributed by atoms with van der Waals surface area (Å²) in [5.74, 6) is -1.63. The molecule has 1 aromatic heterocycles. The molecule has 0 aliphatic heterocycles. The normalized spacial score (nSPS) is 11.2. The molecule has 0 unspecified atom stereocenters. The molecule has 0 saturated heterocycles. The molecule has 1 aromatic rings. The molecule has 15 heavy (non-hydrogen) atoms. The Bertz CT molecular complexity index is 394. The van der Waals surface area contributed by atoms with Crippen molar-refractivity contribution >= 4 is 21.8 Å². The highest BCUT2D eigenvalue weighted by Crippen LogP contribution is 2.30. The van der Waals surface area contributed by atoms with E-state index in [0.717, 1.165) is 6.20 Å². The number of hydrogen-bond acceptors (Lipinski definition) is 3. The van der Waals surface area contributed by atoms with Gasteiger partial charge in [-0.05, 0) is 22.0 Å². The summed E-state index contributed by atoms with van der Waals surface area (Å²) in [6.45, 7) is 0. The van der Waals surface area contributed by atoms with Gasteiger partial charge in [0.2, 0.25) is 11.8 Å². The Labute approximate surface area is 90.4 Å². The van der Waals surface area contributed by atoms with Gasteiger partial charge in [-0.3, -0.25) is 4.79 Å². The standard InChI is InChI=1S/C7H4BrF3N2O2/c8-4-3(5(12)14)1-2-13-6(4)15-7(9,10)11/h1-2H,(H2,12,14). The molecule has 0 spiro atoms. The molecule has 1 rings (SSSR count). The Morgan fingerprint density at radius 2 is 2.13 bits per heavy atom. The van der Waals surface area contributed by atoms with Crippen molar-refractivity contribution < 1.29 is 22.7 Å². The van der Waals surface area contributed by atoms with Gasteiger partial charge in [0.25, 0.3) is 0 Å². The van der Waals surface area contributed by atoms with Crippen molar-refractivity contribution in [1.82, 2.24) is 4.98 Å². The first-order chi connectivity index (χ1) is 6.81. The van der Waals surface area contributed by atoms with Crippen LogP contribution < -0.4 is 10.5 Å². The number of nitrogens with zero attached hydrogens (tertiary/aromatic N) is 1. The predicted octanol–water partition coefficient (Wildman–Crippen LogP) is 1.84. The van der Waals surface area contributed by atoms with Crippen LogP contribution in [0.1, 0.15) is 10.4 Å². The number of rotatable bonds is 2. The summed E-state index contributed by atoms with van der Waals surface area (Å²) in [5, 5.41) is 0. The van der Waals surface area contributed by atoms with Crippen molar-refractivity contribution in [2.24, 2.45) is 5.73 Å². The van der Waals surface area contributed by atoms with Gasteiger partial charge in [0.1, 0.15) is 0 Å². The molecule has 0 saturated carbocycles. The third kappa shape index (κ3) is 3.08. The zero-order chi connectivity index (χ0) is 11.6. The summed E-state index contributed by atoms with van der Waals surface area (Å²) in [4.78, 5) is 14.1. The fourth-order valence-electron chi connectivity index (χ4n) is 0.796.